The normalized spacial score (nSPS) is 10.4. The number of ether oxygens (including phenoxy) is 1. The molecule has 0 saturated heterocycles. The van der Waals surface area contributed by atoms with Crippen molar-refractivity contribution in [2.24, 2.45) is 0 Å². The lowest BCUT2D eigenvalue weighted by Crippen LogP contribution is -1.96. The zero-order valence-electron chi connectivity index (χ0n) is 8.88. The van der Waals surface area contributed by atoms with Gasteiger partial charge in [-0.25, -0.2) is 8.78 Å². The van der Waals surface area contributed by atoms with E-state index in [1.807, 2.05) is 0 Å². The van der Waals surface area contributed by atoms with Crippen molar-refractivity contribution in [1.82, 2.24) is 0 Å². The Kier molecular flexibility index (Phi) is 3.91. The van der Waals surface area contributed by atoms with Gasteiger partial charge in [-0.3, -0.25) is 0 Å². The number of hydrogen-bond acceptors (Lipinski definition) is 2. The van der Waals surface area contributed by atoms with E-state index in [2.05, 4.69) is 0 Å². The van der Waals surface area contributed by atoms with Crippen molar-refractivity contribution in [3.63, 3.8) is 0 Å². The summed E-state index contributed by atoms with van der Waals surface area (Å²) in [4.78, 5) is 0. The minimum Gasteiger partial charge on any atom is -0.452 e. The van der Waals surface area contributed by atoms with E-state index in [1.54, 1.807) is 22.6 Å². The van der Waals surface area contributed by atoms with Crippen LogP contribution in [-0.4, -0.2) is 0 Å². The van der Waals surface area contributed by atoms with Gasteiger partial charge in [0.1, 0.15) is 5.82 Å². The first-order valence-corrected chi connectivity index (χ1v) is 6.31. The highest BCUT2D eigenvalue weighted by Gasteiger charge is 2.12. The van der Waals surface area contributed by atoms with Gasteiger partial charge in [-0.15, -0.1) is 0 Å². The third-order valence-electron chi connectivity index (χ3n) is 2.19. The van der Waals surface area contributed by atoms with Gasteiger partial charge in [0.15, 0.2) is 17.3 Å². The first-order valence-electron chi connectivity index (χ1n) is 4.85. The highest BCUT2D eigenvalue weighted by atomic mass is 127. The SMILES string of the molecule is Nc1cc(I)c(F)cc1Oc1cccc(Cl)c1F. The molecule has 2 rings (SSSR count). The third kappa shape index (κ3) is 2.67. The fraction of sp³-hybridized carbons (Fsp3) is 0. The second kappa shape index (κ2) is 5.27. The summed E-state index contributed by atoms with van der Waals surface area (Å²) < 4.78 is 32.6. The van der Waals surface area contributed by atoms with Gasteiger partial charge in [0, 0.05) is 6.07 Å². The predicted molar refractivity (Wildman–Crippen MR) is 75.0 cm³/mol. The molecule has 2 aromatic rings. The summed E-state index contributed by atoms with van der Waals surface area (Å²) in [6.45, 7) is 0. The molecule has 0 unspecified atom stereocenters. The van der Waals surface area contributed by atoms with Gasteiger partial charge in [0.05, 0.1) is 14.3 Å². The van der Waals surface area contributed by atoms with E-state index in [-0.39, 0.29) is 22.2 Å². The molecule has 0 heterocycles. The zero-order valence-corrected chi connectivity index (χ0v) is 11.8. The number of rotatable bonds is 2. The lowest BCUT2D eigenvalue weighted by atomic mass is 10.3. The summed E-state index contributed by atoms with van der Waals surface area (Å²) in [7, 11) is 0. The summed E-state index contributed by atoms with van der Waals surface area (Å²) in [5, 5.41) is -0.0722. The van der Waals surface area contributed by atoms with Crippen LogP contribution in [-0.2, 0) is 0 Å². The average molecular weight is 382 g/mol. The molecule has 0 aliphatic rings. The van der Waals surface area contributed by atoms with Gasteiger partial charge in [0.2, 0.25) is 0 Å². The van der Waals surface area contributed by atoms with Crippen LogP contribution in [0, 0.1) is 15.2 Å². The zero-order chi connectivity index (χ0) is 13.3. The van der Waals surface area contributed by atoms with Crippen LogP contribution in [0.5, 0.6) is 11.5 Å². The van der Waals surface area contributed by atoms with Gasteiger partial charge < -0.3 is 10.5 Å². The highest BCUT2D eigenvalue weighted by Crippen LogP contribution is 2.33. The van der Waals surface area contributed by atoms with Crippen LogP contribution in [0.3, 0.4) is 0 Å². The lowest BCUT2D eigenvalue weighted by molar-refractivity contribution is 0.440. The van der Waals surface area contributed by atoms with E-state index in [4.69, 9.17) is 22.1 Å². The molecule has 94 valence electrons. The van der Waals surface area contributed by atoms with Crippen LogP contribution >= 0.6 is 34.2 Å². The molecule has 0 fully saturated rings. The molecular weight excluding hydrogens is 374 g/mol. The van der Waals surface area contributed by atoms with Crippen LogP contribution in [0.4, 0.5) is 14.5 Å². The van der Waals surface area contributed by atoms with Crippen molar-refractivity contribution >= 4 is 39.9 Å². The number of benzene rings is 2. The van der Waals surface area contributed by atoms with Crippen molar-refractivity contribution in [2.75, 3.05) is 5.73 Å². The first-order chi connectivity index (χ1) is 8.49. The molecule has 0 atom stereocenters. The Morgan fingerprint density at radius 2 is 1.89 bits per heavy atom. The fourth-order valence-corrected chi connectivity index (χ4v) is 1.97. The van der Waals surface area contributed by atoms with E-state index in [1.165, 1.54) is 24.3 Å². The number of anilines is 1. The van der Waals surface area contributed by atoms with E-state index < -0.39 is 11.6 Å². The summed E-state index contributed by atoms with van der Waals surface area (Å²) >= 11 is 7.42. The Bertz CT molecular complexity index is 607. The van der Waals surface area contributed by atoms with Crippen LogP contribution in [0.25, 0.3) is 0 Å². The van der Waals surface area contributed by atoms with Gasteiger partial charge in [-0.05, 0) is 40.8 Å². The van der Waals surface area contributed by atoms with Crippen LogP contribution in [0.2, 0.25) is 5.02 Å². The molecule has 0 aromatic heterocycles. The monoisotopic (exact) mass is 381 g/mol. The quantitative estimate of drug-likeness (QED) is 0.610. The van der Waals surface area contributed by atoms with E-state index in [9.17, 15) is 8.78 Å². The fourth-order valence-electron chi connectivity index (χ4n) is 1.31. The van der Waals surface area contributed by atoms with Crippen LogP contribution in [0.1, 0.15) is 0 Å². The standard InChI is InChI=1S/C12H7ClF2INO/c13-6-2-1-3-10(12(6)15)18-11-4-7(14)8(16)5-9(11)17/h1-5H,17H2. The molecule has 2 nitrogen and oxygen atoms in total. The van der Waals surface area contributed by atoms with Crippen molar-refractivity contribution in [1.29, 1.82) is 0 Å². The molecule has 0 radical (unpaired) electrons. The Balaban J connectivity index is 2.40. The second-order valence-corrected chi connectivity index (χ2v) is 5.03. The summed E-state index contributed by atoms with van der Waals surface area (Å²) in [6.07, 6.45) is 0. The molecule has 2 N–H and O–H groups in total. The average Bonchev–Trinajstić information content (AvgIpc) is 2.32. The van der Waals surface area contributed by atoms with Gasteiger partial charge >= 0.3 is 0 Å². The van der Waals surface area contributed by atoms with Gasteiger partial charge in [0.25, 0.3) is 0 Å². The molecule has 2 aromatic carbocycles. The minimum atomic E-state index is -0.711. The van der Waals surface area contributed by atoms with Crippen molar-refractivity contribution in [3.05, 3.63) is 50.6 Å². The van der Waals surface area contributed by atoms with E-state index in [0.29, 0.717) is 3.57 Å². The van der Waals surface area contributed by atoms with Gasteiger partial charge in [-0.1, -0.05) is 17.7 Å². The molecule has 18 heavy (non-hydrogen) atoms. The highest BCUT2D eigenvalue weighted by molar-refractivity contribution is 14.1. The maximum atomic E-state index is 13.6. The first kappa shape index (κ1) is 13.4. The number of nitrogen functional groups attached to an aromatic ring is 1. The summed E-state index contributed by atoms with van der Waals surface area (Å²) in [5.74, 6) is -1.25. The van der Waals surface area contributed by atoms with Gasteiger partial charge in [-0.2, -0.15) is 0 Å². The lowest BCUT2D eigenvalue weighted by Gasteiger charge is -2.10. The minimum absolute atomic E-state index is 0.0501. The van der Waals surface area contributed by atoms with Crippen LogP contribution in [0.15, 0.2) is 30.3 Å². The molecule has 0 aliphatic carbocycles. The Labute approximate surface area is 121 Å². The van der Waals surface area contributed by atoms with Crippen molar-refractivity contribution < 1.29 is 13.5 Å². The number of nitrogens with two attached hydrogens (primary N) is 1. The molecular formula is C12H7ClF2INO. The maximum Gasteiger partial charge on any atom is 0.184 e. The molecule has 0 bridgehead atoms. The second-order valence-electron chi connectivity index (χ2n) is 3.46. The molecule has 0 spiro atoms. The predicted octanol–water partition coefficient (Wildman–Crippen LogP) is 4.60. The summed E-state index contributed by atoms with van der Waals surface area (Å²) in [5.41, 5.74) is 5.90. The number of halogens is 4. The molecule has 0 saturated carbocycles. The number of hydrogen-bond donors (Lipinski definition) is 1. The third-order valence-corrected chi connectivity index (χ3v) is 3.31. The van der Waals surface area contributed by atoms with E-state index >= 15 is 0 Å². The maximum absolute atomic E-state index is 13.6. The van der Waals surface area contributed by atoms with Crippen molar-refractivity contribution in [3.8, 4) is 11.5 Å². The Morgan fingerprint density at radius 3 is 2.61 bits per heavy atom. The topological polar surface area (TPSA) is 35.2 Å². The van der Waals surface area contributed by atoms with Crippen molar-refractivity contribution in [2.45, 2.75) is 0 Å². The van der Waals surface area contributed by atoms with Crippen LogP contribution < -0.4 is 10.5 Å². The molecule has 6 heteroatoms. The molecule has 0 amide bonds. The summed E-state index contributed by atoms with van der Waals surface area (Å²) in [6, 6.07) is 6.82. The largest absolute Gasteiger partial charge is 0.452 e. The Morgan fingerprint density at radius 1 is 1.17 bits per heavy atom. The Hall–Kier alpha value is -1.08. The molecule has 0 aliphatic heterocycles. The van der Waals surface area contributed by atoms with E-state index in [0.717, 1.165) is 6.07 Å². The smallest absolute Gasteiger partial charge is 0.184 e.